The van der Waals surface area contributed by atoms with E-state index in [-0.39, 0.29) is 6.04 Å². The quantitative estimate of drug-likeness (QED) is 0.758. The Kier molecular flexibility index (Phi) is 2.37. The molecule has 0 bridgehead atoms. The Morgan fingerprint density at radius 3 is 3.07 bits per heavy atom. The smallest absolute Gasteiger partial charge is 0.110 e. The van der Waals surface area contributed by atoms with Crippen molar-refractivity contribution in [2.75, 3.05) is 0 Å². The topological polar surface area (TPSA) is 59.6 Å². The zero-order valence-electron chi connectivity index (χ0n) is 8.14. The Balaban J connectivity index is 2.09. The van der Waals surface area contributed by atoms with Crippen LogP contribution in [-0.2, 0) is 13.5 Å². The summed E-state index contributed by atoms with van der Waals surface area (Å²) in [5.74, 6) is 1.01. The van der Waals surface area contributed by atoms with Gasteiger partial charge in [-0.25, -0.2) is 4.98 Å². The van der Waals surface area contributed by atoms with E-state index in [9.17, 15) is 0 Å². The van der Waals surface area contributed by atoms with Crippen molar-refractivity contribution in [1.82, 2.24) is 14.5 Å². The van der Waals surface area contributed by atoms with E-state index in [0.717, 1.165) is 17.8 Å². The Morgan fingerprint density at radius 2 is 2.50 bits per heavy atom. The number of rotatable bonds is 3. The van der Waals surface area contributed by atoms with Crippen LogP contribution in [-0.4, -0.2) is 14.5 Å². The van der Waals surface area contributed by atoms with Gasteiger partial charge < -0.3 is 15.3 Å². The first-order valence-corrected chi connectivity index (χ1v) is 4.62. The molecule has 14 heavy (non-hydrogen) atoms. The first-order valence-electron chi connectivity index (χ1n) is 4.62. The minimum atomic E-state index is 0.0161. The molecule has 2 aromatic rings. The molecule has 0 saturated carbocycles. The average Bonchev–Trinajstić information content (AvgIpc) is 2.77. The number of hydrogen-bond donors (Lipinski definition) is 2. The number of imidazole rings is 1. The van der Waals surface area contributed by atoms with Crippen LogP contribution >= 0.6 is 0 Å². The maximum Gasteiger partial charge on any atom is 0.110 e. The number of H-pyrrole nitrogens is 1. The molecule has 2 heterocycles. The van der Waals surface area contributed by atoms with Crippen LogP contribution in [0, 0.1) is 0 Å². The molecule has 2 rings (SSSR count). The highest BCUT2D eigenvalue weighted by molar-refractivity contribution is 5.15. The van der Waals surface area contributed by atoms with Gasteiger partial charge in [-0.3, -0.25) is 0 Å². The molecule has 0 aliphatic rings. The summed E-state index contributed by atoms with van der Waals surface area (Å²) in [6.45, 7) is 0. The molecule has 4 nitrogen and oxygen atoms in total. The molecule has 0 amide bonds. The molecule has 1 unspecified atom stereocenters. The van der Waals surface area contributed by atoms with Crippen LogP contribution in [0.5, 0.6) is 0 Å². The van der Waals surface area contributed by atoms with Gasteiger partial charge in [0.05, 0.1) is 0 Å². The Morgan fingerprint density at radius 1 is 1.64 bits per heavy atom. The van der Waals surface area contributed by atoms with Gasteiger partial charge in [0.2, 0.25) is 0 Å². The van der Waals surface area contributed by atoms with E-state index >= 15 is 0 Å². The molecule has 74 valence electrons. The van der Waals surface area contributed by atoms with Gasteiger partial charge in [0.1, 0.15) is 5.82 Å². The summed E-state index contributed by atoms with van der Waals surface area (Å²) in [4.78, 5) is 7.24. The number of aromatic nitrogens is 3. The molecule has 0 aliphatic heterocycles. The third-order valence-electron chi connectivity index (χ3n) is 2.37. The predicted molar refractivity (Wildman–Crippen MR) is 54.6 cm³/mol. The molecule has 4 heteroatoms. The Bertz CT molecular complexity index is 388. The molecule has 0 fully saturated rings. The SMILES string of the molecule is Cn1ccnc1CC(N)c1cc[nH]c1. The van der Waals surface area contributed by atoms with E-state index < -0.39 is 0 Å². The highest BCUT2D eigenvalue weighted by Gasteiger charge is 2.09. The summed E-state index contributed by atoms with van der Waals surface area (Å²) < 4.78 is 1.99. The van der Waals surface area contributed by atoms with E-state index in [4.69, 9.17) is 5.73 Å². The van der Waals surface area contributed by atoms with Gasteiger partial charge in [-0.15, -0.1) is 0 Å². The number of hydrogen-bond acceptors (Lipinski definition) is 2. The van der Waals surface area contributed by atoms with Crippen LogP contribution in [0.15, 0.2) is 30.9 Å². The molecular weight excluding hydrogens is 176 g/mol. The van der Waals surface area contributed by atoms with E-state index in [0.29, 0.717) is 0 Å². The normalized spacial score (nSPS) is 13.0. The molecule has 0 radical (unpaired) electrons. The molecule has 0 spiro atoms. The van der Waals surface area contributed by atoms with E-state index in [1.54, 1.807) is 6.20 Å². The van der Waals surface area contributed by atoms with Crippen molar-refractivity contribution in [3.8, 4) is 0 Å². The predicted octanol–water partition coefficient (Wildman–Crippen LogP) is 0.991. The summed E-state index contributed by atoms with van der Waals surface area (Å²) in [5, 5.41) is 0. The van der Waals surface area contributed by atoms with Crippen molar-refractivity contribution in [2.45, 2.75) is 12.5 Å². The van der Waals surface area contributed by atoms with E-state index in [1.165, 1.54) is 0 Å². The van der Waals surface area contributed by atoms with Gasteiger partial charge in [0.15, 0.2) is 0 Å². The Hall–Kier alpha value is -1.55. The van der Waals surface area contributed by atoms with Gasteiger partial charge >= 0.3 is 0 Å². The van der Waals surface area contributed by atoms with E-state index in [2.05, 4.69) is 9.97 Å². The molecular formula is C10H14N4. The van der Waals surface area contributed by atoms with Crippen molar-refractivity contribution >= 4 is 0 Å². The van der Waals surface area contributed by atoms with Crippen molar-refractivity contribution in [3.63, 3.8) is 0 Å². The van der Waals surface area contributed by atoms with Crippen molar-refractivity contribution < 1.29 is 0 Å². The first kappa shape index (κ1) is 9.02. The molecule has 1 atom stereocenters. The summed E-state index contributed by atoms with van der Waals surface area (Å²) in [6, 6.07) is 2.01. The van der Waals surface area contributed by atoms with Gasteiger partial charge in [0.25, 0.3) is 0 Å². The number of nitrogens with zero attached hydrogens (tertiary/aromatic N) is 2. The summed E-state index contributed by atoms with van der Waals surface area (Å²) in [5.41, 5.74) is 7.14. The van der Waals surface area contributed by atoms with Crippen LogP contribution in [0.4, 0.5) is 0 Å². The number of aryl methyl sites for hydroxylation is 1. The van der Waals surface area contributed by atoms with Crippen molar-refractivity contribution in [2.24, 2.45) is 12.8 Å². The standard InChI is InChI=1S/C10H14N4/c1-14-5-4-13-10(14)6-9(11)8-2-3-12-7-8/h2-5,7,9,12H,6,11H2,1H3. The van der Waals surface area contributed by atoms with Crippen LogP contribution in [0.2, 0.25) is 0 Å². The largest absolute Gasteiger partial charge is 0.367 e. The molecule has 3 N–H and O–H groups in total. The summed E-state index contributed by atoms with van der Waals surface area (Å²) in [7, 11) is 1.98. The van der Waals surface area contributed by atoms with Crippen molar-refractivity contribution in [3.05, 3.63) is 42.2 Å². The molecule has 2 aromatic heterocycles. The Labute approximate surface area is 82.8 Å². The highest BCUT2D eigenvalue weighted by Crippen LogP contribution is 2.13. The zero-order chi connectivity index (χ0) is 9.97. The maximum absolute atomic E-state index is 6.03. The minimum Gasteiger partial charge on any atom is -0.367 e. The lowest BCUT2D eigenvalue weighted by Crippen LogP contribution is -2.15. The van der Waals surface area contributed by atoms with Gasteiger partial charge in [-0.2, -0.15) is 0 Å². The van der Waals surface area contributed by atoms with Gasteiger partial charge in [-0.1, -0.05) is 0 Å². The second kappa shape index (κ2) is 3.67. The summed E-state index contributed by atoms with van der Waals surface area (Å²) in [6.07, 6.45) is 8.29. The fourth-order valence-electron chi connectivity index (χ4n) is 1.48. The second-order valence-electron chi connectivity index (χ2n) is 3.41. The third-order valence-corrected chi connectivity index (χ3v) is 2.37. The fraction of sp³-hybridized carbons (Fsp3) is 0.300. The zero-order valence-corrected chi connectivity index (χ0v) is 8.14. The molecule has 0 saturated heterocycles. The third kappa shape index (κ3) is 1.70. The van der Waals surface area contributed by atoms with Gasteiger partial charge in [-0.05, 0) is 11.6 Å². The van der Waals surface area contributed by atoms with Crippen molar-refractivity contribution in [1.29, 1.82) is 0 Å². The van der Waals surface area contributed by atoms with Gasteiger partial charge in [0, 0.05) is 44.3 Å². The lowest BCUT2D eigenvalue weighted by molar-refractivity contribution is 0.660. The minimum absolute atomic E-state index is 0.0161. The maximum atomic E-state index is 6.03. The average molecular weight is 190 g/mol. The first-order chi connectivity index (χ1) is 6.77. The molecule has 0 aromatic carbocycles. The van der Waals surface area contributed by atoms with Crippen LogP contribution < -0.4 is 5.73 Å². The number of nitrogens with one attached hydrogen (secondary N) is 1. The fourth-order valence-corrected chi connectivity index (χ4v) is 1.48. The lowest BCUT2D eigenvalue weighted by atomic mass is 10.1. The second-order valence-corrected chi connectivity index (χ2v) is 3.41. The number of nitrogens with two attached hydrogens (primary N) is 1. The van der Waals surface area contributed by atoms with E-state index in [1.807, 2.05) is 36.3 Å². The monoisotopic (exact) mass is 190 g/mol. The number of aromatic amines is 1. The highest BCUT2D eigenvalue weighted by atomic mass is 15.0. The summed E-state index contributed by atoms with van der Waals surface area (Å²) >= 11 is 0. The molecule has 0 aliphatic carbocycles. The lowest BCUT2D eigenvalue weighted by Gasteiger charge is -2.09. The van der Waals surface area contributed by atoms with Crippen LogP contribution in [0.1, 0.15) is 17.4 Å². The van der Waals surface area contributed by atoms with Crippen LogP contribution in [0.25, 0.3) is 0 Å². The van der Waals surface area contributed by atoms with Crippen LogP contribution in [0.3, 0.4) is 0 Å².